The van der Waals surface area contributed by atoms with Crippen molar-refractivity contribution in [3.63, 3.8) is 0 Å². The Morgan fingerprint density at radius 1 is 1.40 bits per heavy atom. The zero-order valence-corrected chi connectivity index (χ0v) is 12.5. The van der Waals surface area contributed by atoms with Gasteiger partial charge < -0.3 is 15.2 Å². The Bertz CT molecular complexity index is 491. The maximum absolute atomic E-state index is 6.26. The molecule has 1 unspecified atom stereocenters. The van der Waals surface area contributed by atoms with Crippen LogP contribution in [0.5, 0.6) is 11.5 Å². The summed E-state index contributed by atoms with van der Waals surface area (Å²) in [4.78, 5) is 2.33. The highest BCUT2D eigenvalue weighted by atomic mass is 35.5. The Kier molecular flexibility index (Phi) is 4.06. The van der Waals surface area contributed by atoms with E-state index in [4.69, 9.17) is 26.8 Å². The summed E-state index contributed by atoms with van der Waals surface area (Å²) in [7, 11) is 2.13. The van der Waals surface area contributed by atoms with Crippen molar-refractivity contribution in [1.29, 1.82) is 0 Å². The van der Waals surface area contributed by atoms with Crippen LogP contribution < -0.4 is 15.2 Å². The van der Waals surface area contributed by atoms with Gasteiger partial charge >= 0.3 is 0 Å². The highest BCUT2D eigenvalue weighted by molar-refractivity contribution is 6.32. The highest BCUT2D eigenvalue weighted by Crippen LogP contribution is 2.41. The van der Waals surface area contributed by atoms with Crippen LogP contribution in [-0.4, -0.2) is 31.8 Å². The molecule has 0 radical (unpaired) electrons. The fourth-order valence-corrected chi connectivity index (χ4v) is 3.23. The fraction of sp³-hybridized carbons (Fsp3) is 0.600. The maximum Gasteiger partial charge on any atom is 0.231 e. The number of nitrogens with two attached hydrogens (primary N) is 1. The topological polar surface area (TPSA) is 47.7 Å². The van der Waals surface area contributed by atoms with Crippen LogP contribution in [-0.2, 0) is 0 Å². The summed E-state index contributed by atoms with van der Waals surface area (Å²) in [5.74, 6) is 2.19. The van der Waals surface area contributed by atoms with E-state index in [1.807, 2.05) is 12.1 Å². The number of hydrogen-bond donors (Lipinski definition) is 1. The van der Waals surface area contributed by atoms with Crippen molar-refractivity contribution in [2.24, 2.45) is 11.7 Å². The molecule has 1 fully saturated rings. The number of rotatable bonds is 5. The first-order valence-corrected chi connectivity index (χ1v) is 7.56. The van der Waals surface area contributed by atoms with E-state index < -0.39 is 0 Å². The summed E-state index contributed by atoms with van der Waals surface area (Å²) in [6.07, 6.45) is 4.04. The van der Waals surface area contributed by atoms with Gasteiger partial charge in [0.15, 0.2) is 11.5 Å². The number of ether oxygens (including phenoxy) is 2. The minimum Gasteiger partial charge on any atom is -0.454 e. The van der Waals surface area contributed by atoms with Crippen molar-refractivity contribution < 1.29 is 9.47 Å². The smallest absolute Gasteiger partial charge is 0.231 e. The number of halogens is 1. The predicted molar refractivity (Wildman–Crippen MR) is 79.3 cm³/mol. The third kappa shape index (κ3) is 2.60. The molecule has 1 saturated carbocycles. The maximum atomic E-state index is 6.26. The van der Waals surface area contributed by atoms with Gasteiger partial charge in [0, 0.05) is 19.1 Å². The molecule has 0 aromatic heterocycles. The SMILES string of the molecule is CN(CC1CCC1)C(CN)c1cc(Cl)c2c(c1)OCO2. The van der Waals surface area contributed by atoms with Crippen LogP contribution in [0, 0.1) is 5.92 Å². The lowest BCUT2D eigenvalue weighted by Crippen LogP contribution is -2.36. The second-order valence-corrected chi connectivity index (χ2v) is 6.13. The second kappa shape index (κ2) is 5.80. The summed E-state index contributed by atoms with van der Waals surface area (Å²) in [6, 6.07) is 4.12. The summed E-state index contributed by atoms with van der Waals surface area (Å²) in [5.41, 5.74) is 7.08. The lowest BCUT2D eigenvalue weighted by Gasteiger charge is -2.34. The molecule has 1 aromatic rings. The van der Waals surface area contributed by atoms with Crippen molar-refractivity contribution in [2.45, 2.75) is 25.3 Å². The second-order valence-electron chi connectivity index (χ2n) is 5.72. The van der Waals surface area contributed by atoms with Crippen molar-refractivity contribution in [1.82, 2.24) is 4.90 Å². The number of nitrogens with zero attached hydrogens (tertiary/aromatic N) is 1. The lowest BCUT2D eigenvalue weighted by molar-refractivity contribution is 0.164. The van der Waals surface area contributed by atoms with Crippen LogP contribution in [0.25, 0.3) is 0 Å². The van der Waals surface area contributed by atoms with Crippen LogP contribution in [0.1, 0.15) is 30.9 Å². The van der Waals surface area contributed by atoms with Crippen molar-refractivity contribution in [2.75, 3.05) is 26.9 Å². The summed E-state index contributed by atoms with van der Waals surface area (Å²) in [6.45, 7) is 1.90. The molecule has 1 aliphatic carbocycles. The monoisotopic (exact) mass is 296 g/mol. The summed E-state index contributed by atoms with van der Waals surface area (Å²) < 4.78 is 10.8. The van der Waals surface area contributed by atoms with Gasteiger partial charge in [0.25, 0.3) is 0 Å². The molecule has 2 N–H and O–H groups in total. The van der Waals surface area contributed by atoms with E-state index in [9.17, 15) is 0 Å². The van der Waals surface area contributed by atoms with E-state index in [0.29, 0.717) is 17.3 Å². The van der Waals surface area contributed by atoms with Crippen LogP contribution in [0.3, 0.4) is 0 Å². The molecule has 3 rings (SSSR count). The Morgan fingerprint density at radius 3 is 2.85 bits per heavy atom. The molecule has 0 saturated heterocycles. The normalized spacial score (nSPS) is 19.2. The number of likely N-dealkylation sites (N-methyl/N-ethyl adjacent to an activating group) is 1. The Morgan fingerprint density at radius 2 is 2.20 bits per heavy atom. The summed E-state index contributed by atoms with van der Waals surface area (Å²) in [5, 5.41) is 0.602. The molecular weight excluding hydrogens is 276 g/mol. The van der Waals surface area contributed by atoms with Gasteiger partial charge in [0.05, 0.1) is 5.02 Å². The van der Waals surface area contributed by atoms with Gasteiger partial charge in [-0.2, -0.15) is 0 Å². The first-order valence-electron chi connectivity index (χ1n) is 7.18. The summed E-state index contributed by atoms with van der Waals surface area (Å²) >= 11 is 6.26. The predicted octanol–water partition coefficient (Wildman–Crippen LogP) is 2.80. The van der Waals surface area contributed by atoms with Gasteiger partial charge in [-0.15, -0.1) is 0 Å². The van der Waals surface area contributed by atoms with E-state index in [2.05, 4.69) is 11.9 Å². The van der Waals surface area contributed by atoms with Crippen LogP contribution in [0.2, 0.25) is 5.02 Å². The van der Waals surface area contributed by atoms with E-state index in [1.54, 1.807) is 0 Å². The van der Waals surface area contributed by atoms with Gasteiger partial charge in [-0.1, -0.05) is 18.0 Å². The molecule has 0 spiro atoms. The third-order valence-electron chi connectivity index (χ3n) is 4.36. The van der Waals surface area contributed by atoms with Crippen molar-refractivity contribution >= 4 is 11.6 Å². The van der Waals surface area contributed by atoms with E-state index in [1.165, 1.54) is 19.3 Å². The lowest BCUT2D eigenvalue weighted by atomic mass is 9.84. The molecule has 4 nitrogen and oxygen atoms in total. The zero-order chi connectivity index (χ0) is 14.1. The molecule has 1 aromatic carbocycles. The molecular formula is C15H21ClN2O2. The number of hydrogen-bond acceptors (Lipinski definition) is 4. The zero-order valence-electron chi connectivity index (χ0n) is 11.8. The standard InChI is InChI=1S/C15H21ClN2O2/c1-18(8-10-3-2-4-10)13(7-17)11-5-12(16)15-14(6-11)19-9-20-15/h5-6,10,13H,2-4,7-9,17H2,1H3. The molecule has 2 aliphatic rings. The van der Waals surface area contributed by atoms with Gasteiger partial charge in [-0.3, -0.25) is 4.90 Å². The quantitative estimate of drug-likeness (QED) is 0.908. The third-order valence-corrected chi connectivity index (χ3v) is 4.64. The number of fused-ring (bicyclic) bond motifs is 1. The van der Waals surface area contributed by atoms with Gasteiger partial charge in [0.1, 0.15) is 0 Å². The van der Waals surface area contributed by atoms with Crippen molar-refractivity contribution in [3.8, 4) is 11.5 Å². The molecule has 1 heterocycles. The molecule has 5 heteroatoms. The van der Waals surface area contributed by atoms with E-state index in [0.717, 1.165) is 23.8 Å². The van der Waals surface area contributed by atoms with E-state index >= 15 is 0 Å². The van der Waals surface area contributed by atoms with Crippen LogP contribution in [0.4, 0.5) is 0 Å². The largest absolute Gasteiger partial charge is 0.454 e. The average molecular weight is 297 g/mol. The minimum absolute atomic E-state index is 0.169. The Balaban J connectivity index is 1.79. The molecule has 0 amide bonds. The number of benzene rings is 1. The fourth-order valence-electron chi connectivity index (χ4n) is 2.96. The molecule has 0 bridgehead atoms. The molecule has 1 atom stereocenters. The van der Waals surface area contributed by atoms with Crippen LogP contribution >= 0.6 is 11.6 Å². The molecule has 1 aliphatic heterocycles. The van der Waals surface area contributed by atoms with Gasteiger partial charge in [0.2, 0.25) is 6.79 Å². The van der Waals surface area contributed by atoms with Crippen LogP contribution in [0.15, 0.2) is 12.1 Å². The average Bonchev–Trinajstić information content (AvgIpc) is 2.83. The first-order chi connectivity index (χ1) is 9.69. The van der Waals surface area contributed by atoms with Crippen molar-refractivity contribution in [3.05, 3.63) is 22.7 Å². The van der Waals surface area contributed by atoms with Gasteiger partial charge in [-0.05, 0) is 43.5 Å². The van der Waals surface area contributed by atoms with Gasteiger partial charge in [-0.25, -0.2) is 0 Å². The van der Waals surface area contributed by atoms with E-state index in [-0.39, 0.29) is 12.8 Å². The minimum atomic E-state index is 0.169. The highest BCUT2D eigenvalue weighted by Gasteiger charge is 2.26. The Hall–Kier alpha value is -0.970. The first kappa shape index (κ1) is 14.0. The Labute approximate surface area is 124 Å². The molecule has 20 heavy (non-hydrogen) atoms. The molecule has 110 valence electrons.